The average Bonchev–Trinajstić information content (AvgIpc) is 2.96. The number of carbonyl (C=O) groups is 3. The van der Waals surface area contributed by atoms with Crippen molar-refractivity contribution in [3.05, 3.63) is 58.0 Å². The molecule has 2 amide bonds. The molecule has 0 radical (unpaired) electrons. The van der Waals surface area contributed by atoms with Crippen LogP contribution < -0.4 is 14.4 Å². The highest BCUT2D eigenvalue weighted by atomic mass is 32.2. The van der Waals surface area contributed by atoms with E-state index in [1.165, 1.54) is 18.9 Å². The Balaban J connectivity index is 1.89. The number of carboxylic acid groups (broad SMARTS) is 1. The first-order chi connectivity index (χ1) is 14.2. The van der Waals surface area contributed by atoms with E-state index in [4.69, 9.17) is 14.6 Å². The molecule has 1 heterocycles. The highest BCUT2D eigenvalue weighted by molar-refractivity contribution is 8.19. The topological polar surface area (TPSA) is 93.1 Å². The lowest BCUT2D eigenvalue weighted by Crippen LogP contribution is -2.28. The second kappa shape index (κ2) is 8.62. The van der Waals surface area contributed by atoms with Crippen molar-refractivity contribution in [1.29, 1.82) is 0 Å². The minimum Gasteiger partial charge on any atom is -0.493 e. The number of carbonyl (C=O) groups excluding carboxylic acids is 2. The molecule has 0 spiro atoms. The maximum Gasteiger partial charge on any atom is 0.344 e. The van der Waals surface area contributed by atoms with E-state index in [0.717, 1.165) is 22.9 Å². The molecule has 7 nitrogen and oxygen atoms in total. The van der Waals surface area contributed by atoms with Gasteiger partial charge in [0, 0.05) is 0 Å². The zero-order valence-corrected chi connectivity index (χ0v) is 17.8. The summed E-state index contributed by atoms with van der Waals surface area (Å²) in [5, 5.41) is 8.65. The van der Waals surface area contributed by atoms with Gasteiger partial charge in [0.15, 0.2) is 17.6 Å². The number of anilines is 1. The van der Waals surface area contributed by atoms with Crippen molar-refractivity contribution in [2.45, 2.75) is 26.9 Å². The third-order valence-corrected chi connectivity index (χ3v) is 5.39. The number of thioether (sulfide) groups is 1. The van der Waals surface area contributed by atoms with Crippen LogP contribution in [0.5, 0.6) is 11.5 Å². The number of hydrogen-bond donors (Lipinski definition) is 1. The summed E-state index contributed by atoms with van der Waals surface area (Å²) >= 11 is 0.865. The quantitative estimate of drug-likeness (QED) is 0.683. The number of nitrogens with zero attached hydrogens (tertiary/aromatic N) is 1. The molecule has 3 rings (SSSR count). The Morgan fingerprint density at radius 2 is 1.87 bits per heavy atom. The van der Waals surface area contributed by atoms with Crippen LogP contribution in [0.2, 0.25) is 0 Å². The van der Waals surface area contributed by atoms with Gasteiger partial charge >= 0.3 is 5.97 Å². The predicted molar refractivity (Wildman–Crippen MR) is 115 cm³/mol. The van der Waals surface area contributed by atoms with Gasteiger partial charge in [-0.2, -0.15) is 0 Å². The Morgan fingerprint density at radius 3 is 2.50 bits per heavy atom. The van der Waals surface area contributed by atoms with Crippen LogP contribution in [0.4, 0.5) is 10.5 Å². The largest absolute Gasteiger partial charge is 0.493 e. The molecule has 0 aliphatic carbocycles. The van der Waals surface area contributed by atoms with Gasteiger partial charge in [0.2, 0.25) is 0 Å². The Kier molecular flexibility index (Phi) is 6.17. The summed E-state index contributed by atoms with van der Waals surface area (Å²) < 4.78 is 10.7. The molecule has 1 unspecified atom stereocenters. The normalized spacial score (nSPS) is 16.1. The number of methoxy groups -OCH3 is 1. The molecule has 0 saturated carbocycles. The smallest absolute Gasteiger partial charge is 0.344 e. The van der Waals surface area contributed by atoms with E-state index in [-0.39, 0.29) is 15.9 Å². The second-order valence-corrected chi connectivity index (χ2v) is 7.81. The Hall–Kier alpha value is -3.26. The van der Waals surface area contributed by atoms with Crippen molar-refractivity contribution < 1.29 is 29.0 Å². The fourth-order valence-electron chi connectivity index (χ4n) is 3.00. The average molecular weight is 427 g/mol. The molecule has 8 heteroatoms. The van der Waals surface area contributed by atoms with Crippen LogP contribution in [-0.2, 0) is 9.59 Å². The molecule has 1 atom stereocenters. The Bertz CT molecular complexity index is 1060. The van der Waals surface area contributed by atoms with E-state index in [0.29, 0.717) is 17.0 Å². The molecular formula is C22H21NO6S. The molecule has 1 N–H and O–H groups in total. The maximum atomic E-state index is 12.9. The predicted octanol–water partition coefficient (Wildman–Crippen LogP) is 4.40. The van der Waals surface area contributed by atoms with Gasteiger partial charge < -0.3 is 14.6 Å². The summed E-state index contributed by atoms with van der Waals surface area (Å²) in [7, 11) is 1.44. The van der Waals surface area contributed by atoms with Gasteiger partial charge in [-0.15, -0.1) is 0 Å². The molecule has 0 aromatic heterocycles. The van der Waals surface area contributed by atoms with E-state index >= 15 is 0 Å². The van der Waals surface area contributed by atoms with Crippen LogP contribution in [0.25, 0.3) is 6.08 Å². The molecule has 2 aromatic carbocycles. The lowest BCUT2D eigenvalue weighted by Gasteiger charge is -2.15. The first kappa shape index (κ1) is 21.4. The van der Waals surface area contributed by atoms with Crippen molar-refractivity contribution in [1.82, 2.24) is 0 Å². The lowest BCUT2D eigenvalue weighted by atomic mass is 10.1. The summed E-state index contributed by atoms with van der Waals surface area (Å²) in [5.41, 5.74) is 3.07. The maximum absolute atomic E-state index is 12.9. The number of amides is 2. The summed E-state index contributed by atoms with van der Waals surface area (Å²) in [6.45, 7) is 5.22. The lowest BCUT2D eigenvalue weighted by molar-refractivity contribution is -0.144. The zero-order valence-electron chi connectivity index (χ0n) is 17.0. The molecule has 2 aromatic rings. The van der Waals surface area contributed by atoms with Crippen molar-refractivity contribution in [3.63, 3.8) is 0 Å². The molecule has 1 aliphatic rings. The molecule has 1 saturated heterocycles. The summed E-state index contributed by atoms with van der Waals surface area (Å²) in [4.78, 5) is 37.9. The molecule has 156 valence electrons. The summed E-state index contributed by atoms with van der Waals surface area (Å²) in [6.07, 6.45) is 0.556. The van der Waals surface area contributed by atoms with Crippen LogP contribution in [0.3, 0.4) is 0 Å². The number of aliphatic carboxylic acids is 1. The third-order valence-electron chi connectivity index (χ3n) is 4.52. The van der Waals surface area contributed by atoms with Crippen LogP contribution in [0.15, 0.2) is 41.3 Å². The Morgan fingerprint density at radius 1 is 1.13 bits per heavy atom. The molecule has 1 fully saturated rings. The molecule has 0 bridgehead atoms. The highest BCUT2D eigenvalue weighted by Crippen LogP contribution is 2.38. The second-order valence-electron chi connectivity index (χ2n) is 6.82. The van der Waals surface area contributed by atoms with Gasteiger partial charge in [-0.1, -0.05) is 23.8 Å². The van der Waals surface area contributed by atoms with E-state index in [9.17, 15) is 14.4 Å². The number of aryl methyl sites for hydroxylation is 2. The van der Waals surface area contributed by atoms with Gasteiger partial charge in [0.05, 0.1) is 17.7 Å². The highest BCUT2D eigenvalue weighted by Gasteiger charge is 2.37. The summed E-state index contributed by atoms with van der Waals surface area (Å²) in [5.74, 6) is -0.893. The fraction of sp³-hybridized carbons (Fsp3) is 0.227. The van der Waals surface area contributed by atoms with Crippen molar-refractivity contribution in [3.8, 4) is 11.5 Å². The van der Waals surface area contributed by atoms with Crippen molar-refractivity contribution >= 4 is 40.6 Å². The van der Waals surface area contributed by atoms with Crippen LogP contribution in [-0.4, -0.2) is 35.4 Å². The standard InChI is InChI=1S/C22H21NO6S/c1-12-5-7-16(13(2)9-12)23-20(24)19(30-22(23)27)11-15-6-8-17(18(10-15)28-4)29-14(3)21(25)26/h5-11,14H,1-4H3,(H,25,26)/b19-11+. The van der Waals surface area contributed by atoms with Crippen LogP contribution in [0, 0.1) is 13.8 Å². The van der Waals surface area contributed by atoms with Gasteiger partial charge in [-0.05, 0) is 67.9 Å². The van der Waals surface area contributed by atoms with E-state index < -0.39 is 18.0 Å². The number of carboxylic acids is 1. The van der Waals surface area contributed by atoms with E-state index in [2.05, 4.69) is 0 Å². The minimum atomic E-state index is -1.10. The van der Waals surface area contributed by atoms with E-state index in [1.807, 2.05) is 26.0 Å². The van der Waals surface area contributed by atoms with Crippen molar-refractivity contribution in [2.24, 2.45) is 0 Å². The minimum absolute atomic E-state index is 0.271. The fourth-order valence-corrected chi connectivity index (χ4v) is 3.83. The SMILES string of the molecule is COc1cc(/C=C2/SC(=O)N(c3ccc(C)cc3C)C2=O)ccc1OC(C)C(=O)O. The van der Waals surface area contributed by atoms with E-state index in [1.54, 1.807) is 30.3 Å². The number of benzene rings is 2. The van der Waals surface area contributed by atoms with Gasteiger partial charge in [0.1, 0.15) is 0 Å². The number of ether oxygens (including phenoxy) is 2. The molecular weight excluding hydrogens is 406 g/mol. The van der Waals surface area contributed by atoms with Gasteiger partial charge in [-0.3, -0.25) is 9.59 Å². The van der Waals surface area contributed by atoms with Crippen molar-refractivity contribution in [2.75, 3.05) is 12.0 Å². The third kappa shape index (κ3) is 4.33. The molecule has 1 aliphatic heterocycles. The van der Waals surface area contributed by atoms with Gasteiger partial charge in [-0.25, -0.2) is 9.69 Å². The Labute approximate surface area is 178 Å². The number of hydrogen-bond acceptors (Lipinski definition) is 6. The molecule has 30 heavy (non-hydrogen) atoms. The first-order valence-corrected chi connectivity index (χ1v) is 9.95. The first-order valence-electron chi connectivity index (χ1n) is 9.14. The zero-order chi connectivity index (χ0) is 22.0. The van der Waals surface area contributed by atoms with Gasteiger partial charge in [0.25, 0.3) is 11.1 Å². The number of imide groups is 1. The summed E-state index contributed by atoms with van der Waals surface area (Å²) in [6, 6.07) is 10.4. The monoisotopic (exact) mass is 427 g/mol. The van der Waals surface area contributed by atoms with Crippen LogP contribution >= 0.6 is 11.8 Å². The van der Waals surface area contributed by atoms with Crippen LogP contribution in [0.1, 0.15) is 23.6 Å². The number of rotatable bonds is 6.